The lowest BCUT2D eigenvalue weighted by atomic mass is 10.4. The Morgan fingerprint density at radius 2 is 2.20 bits per heavy atom. The van der Waals surface area contributed by atoms with Gasteiger partial charge in [-0.1, -0.05) is 0 Å². The summed E-state index contributed by atoms with van der Waals surface area (Å²) in [5.74, 6) is -1.22. The van der Waals surface area contributed by atoms with Crippen molar-refractivity contribution in [2.45, 2.75) is 0 Å². The first-order valence-corrected chi connectivity index (χ1v) is 2.39. The standard InChI is InChI=1S/C5H2N2O3/c8-2-6-3-1-4(9)7-5(3)10/h1H,(H,7,9,10). The maximum Gasteiger partial charge on any atom is 0.277 e. The summed E-state index contributed by atoms with van der Waals surface area (Å²) in [5.41, 5.74) is -0.194. The van der Waals surface area contributed by atoms with E-state index >= 15 is 0 Å². The van der Waals surface area contributed by atoms with Gasteiger partial charge in [0, 0.05) is 6.08 Å². The van der Waals surface area contributed by atoms with Crippen molar-refractivity contribution in [3.63, 3.8) is 0 Å². The van der Waals surface area contributed by atoms with Gasteiger partial charge in [0.05, 0.1) is 0 Å². The fourth-order valence-electron chi connectivity index (χ4n) is 0.534. The minimum Gasteiger partial charge on any atom is -0.287 e. The van der Waals surface area contributed by atoms with Gasteiger partial charge in [0.1, 0.15) is 5.70 Å². The van der Waals surface area contributed by atoms with Gasteiger partial charge in [-0.25, -0.2) is 4.79 Å². The number of carbonyl (C=O) groups is 2. The molecule has 0 aromatic carbocycles. The zero-order valence-corrected chi connectivity index (χ0v) is 4.75. The van der Waals surface area contributed by atoms with Gasteiger partial charge >= 0.3 is 0 Å². The Balaban J connectivity index is 2.95. The molecule has 0 saturated carbocycles. The molecule has 0 aromatic heterocycles. The fraction of sp³-hybridized carbons (Fsp3) is 0. The van der Waals surface area contributed by atoms with Gasteiger partial charge in [-0.3, -0.25) is 14.9 Å². The van der Waals surface area contributed by atoms with E-state index in [9.17, 15) is 14.4 Å². The van der Waals surface area contributed by atoms with Crippen LogP contribution in [-0.4, -0.2) is 17.9 Å². The third kappa shape index (κ3) is 0.985. The predicted molar refractivity (Wildman–Crippen MR) is 29.4 cm³/mol. The Hall–Kier alpha value is -1.74. The molecule has 5 nitrogen and oxygen atoms in total. The number of hydrogen-bond donors (Lipinski definition) is 1. The van der Waals surface area contributed by atoms with Crippen molar-refractivity contribution < 1.29 is 14.4 Å². The number of hydrogen-bond acceptors (Lipinski definition) is 4. The van der Waals surface area contributed by atoms with Gasteiger partial charge in [-0.05, 0) is 0 Å². The summed E-state index contributed by atoms with van der Waals surface area (Å²) in [7, 11) is 0. The molecule has 1 aliphatic heterocycles. The van der Waals surface area contributed by atoms with Crippen LogP contribution in [0.15, 0.2) is 16.8 Å². The van der Waals surface area contributed by atoms with Crippen molar-refractivity contribution in [3.8, 4) is 0 Å². The topological polar surface area (TPSA) is 75.6 Å². The maximum absolute atomic E-state index is 10.5. The molecule has 0 aromatic rings. The molecule has 0 radical (unpaired) electrons. The highest BCUT2D eigenvalue weighted by atomic mass is 16.2. The Labute approximate surface area is 55.4 Å². The second-order valence-electron chi connectivity index (χ2n) is 1.55. The van der Waals surface area contributed by atoms with Crippen LogP contribution >= 0.6 is 0 Å². The summed E-state index contributed by atoms with van der Waals surface area (Å²) in [5, 5.41) is 1.91. The molecule has 1 N–H and O–H groups in total. The molecule has 0 unspecified atom stereocenters. The molecule has 0 bridgehead atoms. The van der Waals surface area contributed by atoms with Gasteiger partial charge < -0.3 is 0 Å². The van der Waals surface area contributed by atoms with E-state index in [4.69, 9.17) is 0 Å². The van der Waals surface area contributed by atoms with Gasteiger partial charge in [0.15, 0.2) is 0 Å². The largest absolute Gasteiger partial charge is 0.287 e. The first-order valence-electron chi connectivity index (χ1n) is 2.39. The lowest BCUT2D eigenvalue weighted by Gasteiger charge is -1.84. The Bertz CT molecular complexity index is 273. The third-order valence-electron chi connectivity index (χ3n) is 0.903. The van der Waals surface area contributed by atoms with Crippen molar-refractivity contribution in [1.82, 2.24) is 5.32 Å². The number of imide groups is 1. The third-order valence-corrected chi connectivity index (χ3v) is 0.903. The van der Waals surface area contributed by atoms with Crippen molar-refractivity contribution >= 4 is 17.9 Å². The molecule has 2 amide bonds. The predicted octanol–water partition coefficient (Wildman–Crippen LogP) is -1.14. The van der Waals surface area contributed by atoms with E-state index in [0.29, 0.717) is 0 Å². The van der Waals surface area contributed by atoms with Crippen LogP contribution in [0.2, 0.25) is 0 Å². The number of isocyanates is 1. The minimum absolute atomic E-state index is 0.194. The molecule has 10 heavy (non-hydrogen) atoms. The lowest BCUT2D eigenvalue weighted by molar-refractivity contribution is -0.123. The number of rotatable bonds is 1. The lowest BCUT2D eigenvalue weighted by Crippen LogP contribution is -2.21. The van der Waals surface area contributed by atoms with Crippen LogP contribution in [0.5, 0.6) is 0 Å². The van der Waals surface area contributed by atoms with E-state index in [-0.39, 0.29) is 5.70 Å². The van der Waals surface area contributed by atoms with Crippen LogP contribution in [0.3, 0.4) is 0 Å². The summed E-state index contributed by atoms with van der Waals surface area (Å²) in [6.45, 7) is 0. The Morgan fingerprint density at radius 3 is 2.60 bits per heavy atom. The maximum atomic E-state index is 10.5. The summed E-state index contributed by atoms with van der Waals surface area (Å²) < 4.78 is 0. The molecule has 0 atom stereocenters. The quantitative estimate of drug-likeness (QED) is 0.283. The van der Waals surface area contributed by atoms with E-state index in [1.54, 1.807) is 0 Å². The van der Waals surface area contributed by atoms with Crippen LogP contribution in [0.25, 0.3) is 0 Å². The Kier molecular flexibility index (Phi) is 1.43. The molecule has 0 aliphatic carbocycles. The number of carbonyl (C=O) groups excluding carboxylic acids is 3. The van der Waals surface area contributed by atoms with Gasteiger partial charge in [0.2, 0.25) is 6.08 Å². The number of nitrogens with one attached hydrogen (secondary N) is 1. The van der Waals surface area contributed by atoms with Crippen LogP contribution in [-0.2, 0) is 14.4 Å². The molecular formula is C5H2N2O3. The highest BCUT2D eigenvalue weighted by Crippen LogP contribution is 2.01. The molecule has 0 spiro atoms. The summed E-state index contributed by atoms with van der Waals surface area (Å²) >= 11 is 0. The molecule has 1 heterocycles. The molecular weight excluding hydrogens is 136 g/mol. The molecule has 50 valence electrons. The van der Waals surface area contributed by atoms with E-state index < -0.39 is 11.8 Å². The second-order valence-corrected chi connectivity index (χ2v) is 1.55. The average molecular weight is 138 g/mol. The van der Waals surface area contributed by atoms with Crippen LogP contribution in [0.1, 0.15) is 0 Å². The molecule has 0 fully saturated rings. The minimum atomic E-state index is -0.659. The molecule has 5 heteroatoms. The second kappa shape index (κ2) is 2.24. The average Bonchev–Trinajstić information content (AvgIpc) is 2.13. The fourth-order valence-corrected chi connectivity index (χ4v) is 0.534. The zero-order chi connectivity index (χ0) is 7.56. The van der Waals surface area contributed by atoms with Crippen LogP contribution < -0.4 is 5.32 Å². The SMILES string of the molecule is O=C=NC1=CC(=O)NC1=O. The monoisotopic (exact) mass is 138 g/mol. The van der Waals surface area contributed by atoms with Gasteiger partial charge in [-0.15, -0.1) is 0 Å². The van der Waals surface area contributed by atoms with Crippen molar-refractivity contribution in [1.29, 1.82) is 0 Å². The summed E-state index contributed by atoms with van der Waals surface area (Å²) in [6.07, 6.45) is 2.09. The van der Waals surface area contributed by atoms with Crippen LogP contribution in [0, 0.1) is 0 Å². The van der Waals surface area contributed by atoms with Crippen molar-refractivity contribution in [2.24, 2.45) is 4.99 Å². The smallest absolute Gasteiger partial charge is 0.277 e. The first kappa shape index (κ1) is 6.38. The highest BCUT2D eigenvalue weighted by Gasteiger charge is 2.19. The highest BCUT2D eigenvalue weighted by molar-refractivity contribution is 6.16. The Morgan fingerprint density at radius 1 is 1.50 bits per heavy atom. The van der Waals surface area contributed by atoms with E-state index in [0.717, 1.165) is 12.2 Å². The summed E-state index contributed by atoms with van der Waals surface area (Å²) in [6, 6.07) is 0. The molecule has 1 aliphatic rings. The zero-order valence-electron chi connectivity index (χ0n) is 4.75. The van der Waals surface area contributed by atoms with E-state index in [1.807, 2.05) is 5.32 Å². The normalized spacial score (nSPS) is 15.8. The van der Waals surface area contributed by atoms with Gasteiger partial charge in [-0.2, -0.15) is 4.99 Å². The number of nitrogens with zero attached hydrogens (tertiary/aromatic N) is 1. The summed E-state index contributed by atoms with van der Waals surface area (Å²) in [4.78, 5) is 33.4. The van der Waals surface area contributed by atoms with Gasteiger partial charge in [0.25, 0.3) is 11.8 Å². The molecule has 1 rings (SSSR count). The van der Waals surface area contributed by atoms with E-state index in [2.05, 4.69) is 4.99 Å². The number of amides is 2. The van der Waals surface area contributed by atoms with Crippen LogP contribution in [0.4, 0.5) is 0 Å². The van der Waals surface area contributed by atoms with Crippen molar-refractivity contribution in [3.05, 3.63) is 11.8 Å². The van der Waals surface area contributed by atoms with Crippen molar-refractivity contribution in [2.75, 3.05) is 0 Å². The molecule has 0 saturated heterocycles. The van der Waals surface area contributed by atoms with E-state index in [1.165, 1.54) is 0 Å². The number of aliphatic imine (C=N–C) groups is 1. The first-order chi connectivity index (χ1) is 4.74.